The summed E-state index contributed by atoms with van der Waals surface area (Å²) in [5.74, 6) is 0. The molecule has 2 nitrogen and oxygen atoms in total. The summed E-state index contributed by atoms with van der Waals surface area (Å²) < 4.78 is 3.34. The second kappa shape index (κ2) is 8.73. The molecule has 0 N–H and O–H groups in total. The van der Waals surface area contributed by atoms with Crippen LogP contribution in [0.15, 0.2) is 10.9 Å². The fourth-order valence-corrected chi connectivity index (χ4v) is 2.41. The number of aromatic nitrogens is 2. The molecule has 0 fully saturated rings. The Morgan fingerprint density at radius 1 is 1.06 bits per heavy atom. The summed E-state index contributed by atoms with van der Waals surface area (Å²) in [5.41, 5.74) is 1.09. The standard InChI is InChI=1S/C14H25BrN2/c1-3-4-5-6-7-8-9-10-11-17-12-16-13(2)14(17)15/h12H,3-11H2,1-2H3. The van der Waals surface area contributed by atoms with Crippen molar-refractivity contribution >= 4 is 15.9 Å². The molecule has 1 rings (SSSR count). The van der Waals surface area contributed by atoms with Gasteiger partial charge >= 0.3 is 0 Å². The topological polar surface area (TPSA) is 17.8 Å². The number of imidazole rings is 1. The lowest BCUT2D eigenvalue weighted by molar-refractivity contribution is 0.540. The molecular formula is C14H25BrN2. The fourth-order valence-electron chi connectivity index (χ4n) is 2.04. The Hall–Kier alpha value is -0.310. The molecule has 0 saturated carbocycles. The van der Waals surface area contributed by atoms with E-state index in [1.165, 1.54) is 51.4 Å². The molecular weight excluding hydrogens is 276 g/mol. The van der Waals surface area contributed by atoms with E-state index in [1.54, 1.807) is 0 Å². The van der Waals surface area contributed by atoms with Gasteiger partial charge < -0.3 is 4.57 Å². The predicted molar refractivity (Wildman–Crippen MR) is 77.3 cm³/mol. The van der Waals surface area contributed by atoms with E-state index in [4.69, 9.17) is 0 Å². The smallest absolute Gasteiger partial charge is 0.107 e. The quantitative estimate of drug-likeness (QED) is 0.581. The lowest BCUT2D eigenvalue weighted by atomic mass is 10.1. The minimum Gasteiger partial charge on any atom is -0.325 e. The van der Waals surface area contributed by atoms with Crippen LogP contribution in [-0.4, -0.2) is 9.55 Å². The highest BCUT2D eigenvalue weighted by molar-refractivity contribution is 9.10. The molecule has 17 heavy (non-hydrogen) atoms. The average molecular weight is 301 g/mol. The van der Waals surface area contributed by atoms with Crippen LogP contribution >= 0.6 is 15.9 Å². The van der Waals surface area contributed by atoms with Crippen LogP contribution in [-0.2, 0) is 6.54 Å². The van der Waals surface area contributed by atoms with Crippen LogP contribution in [0.3, 0.4) is 0 Å². The van der Waals surface area contributed by atoms with E-state index in [-0.39, 0.29) is 0 Å². The largest absolute Gasteiger partial charge is 0.325 e. The minimum absolute atomic E-state index is 1.09. The van der Waals surface area contributed by atoms with Crippen molar-refractivity contribution < 1.29 is 0 Å². The Bertz CT molecular complexity index is 307. The first-order valence-corrected chi connectivity index (χ1v) is 7.72. The first kappa shape index (κ1) is 14.7. The minimum atomic E-state index is 1.09. The molecule has 0 aromatic carbocycles. The number of aryl methyl sites for hydroxylation is 2. The van der Waals surface area contributed by atoms with Crippen molar-refractivity contribution in [1.82, 2.24) is 9.55 Å². The highest BCUT2D eigenvalue weighted by Crippen LogP contribution is 2.16. The molecule has 1 aromatic rings. The molecule has 0 amide bonds. The van der Waals surface area contributed by atoms with E-state index in [1.807, 2.05) is 13.3 Å². The van der Waals surface area contributed by atoms with Crippen molar-refractivity contribution in [3.8, 4) is 0 Å². The van der Waals surface area contributed by atoms with Crippen molar-refractivity contribution in [2.45, 2.75) is 71.8 Å². The SMILES string of the molecule is CCCCCCCCCCn1cnc(C)c1Br. The molecule has 0 spiro atoms. The zero-order valence-corrected chi connectivity index (χ0v) is 12.8. The molecule has 1 aromatic heterocycles. The van der Waals surface area contributed by atoms with Crippen LogP contribution in [0.25, 0.3) is 0 Å². The molecule has 0 radical (unpaired) electrons. The van der Waals surface area contributed by atoms with Crippen molar-refractivity contribution in [2.24, 2.45) is 0 Å². The predicted octanol–water partition coefficient (Wildman–Crippen LogP) is 5.09. The molecule has 0 unspecified atom stereocenters. The van der Waals surface area contributed by atoms with E-state index in [9.17, 15) is 0 Å². The second-order valence-electron chi connectivity index (χ2n) is 4.79. The number of nitrogens with zero attached hydrogens (tertiary/aromatic N) is 2. The molecule has 0 atom stereocenters. The Morgan fingerprint density at radius 3 is 2.18 bits per heavy atom. The maximum Gasteiger partial charge on any atom is 0.107 e. The van der Waals surface area contributed by atoms with Gasteiger partial charge in [-0.05, 0) is 29.3 Å². The summed E-state index contributed by atoms with van der Waals surface area (Å²) in [5, 5.41) is 0. The van der Waals surface area contributed by atoms with Crippen LogP contribution in [0.1, 0.15) is 64.0 Å². The maximum atomic E-state index is 4.28. The van der Waals surface area contributed by atoms with Gasteiger partial charge in [-0.2, -0.15) is 0 Å². The number of unbranched alkanes of at least 4 members (excludes halogenated alkanes) is 7. The molecule has 0 aliphatic rings. The molecule has 0 aliphatic carbocycles. The molecule has 0 aliphatic heterocycles. The fraction of sp³-hybridized carbons (Fsp3) is 0.786. The summed E-state index contributed by atoms with van der Waals surface area (Å²) in [4.78, 5) is 4.28. The Kier molecular flexibility index (Phi) is 7.58. The van der Waals surface area contributed by atoms with E-state index in [2.05, 4.69) is 32.4 Å². The van der Waals surface area contributed by atoms with Crippen molar-refractivity contribution in [2.75, 3.05) is 0 Å². The van der Waals surface area contributed by atoms with Gasteiger partial charge in [0.05, 0.1) is 12.0 Å². The van der Waals surface area contributed by atoms with E-state index in [0.29, 0.717) is 0 Å². The van der Waals surface area contributed by atoms with Crippen molar-refractivity contribution in [3.05, 3.63) is 16.6 Å². The maximum absolute atomic E-state index is 4.28. The molecule has 3 heteroatoms. The number of hydrogen-bond acceptors (Lipinski definition) is 1. The summed E-state index contributed by atoms with van der Waals surface area (Å²) >= 11 is 3.56. The van der Waals surface area contributed by atoms with Gasteiger partial charge in [-0.25, -0.2) is 4.98 Å². The van der Waals surface area contributed by atoms with Crippen LogP contribution in [0.4, 0.5) is 0 Å². The van der Waals surface area contributed by atoms with Crippen LogP contribution in [0.5, 0.6) is 0 Å². The molecule has 98 valence electrons. The third kappa shape index (κ3) is 5.71. The first-order valence-electron chi connectivity index (χ1n) is 6.93. The van der Waals surface area contributed by atoms with Gasteiger partial charge in [0.15, 0.2) is 0 Å². The van der Waals surface area contributed by atoms with E-state index < -0.39 is 0 Å². The van der Waals surface area contributed by atoms with Gasteiger partial charge in [-0.3, -0.25) is 0 Å². The highest BCUT2D eigenvalue weighted by Gasteiger charge is 2.02. The van der Waals surface area contributed by atoms with Gasteiger partial charge in [0.1, 0.15) is 4.60 Å². The van der Waals surface area contributed by atoms with Crippen LogP contribution < -0.4 is 0 Å². The van der Waals surface area contributed by atoms with Gasteiger partial charge in [0.2, 0.25) is 0 Å². The van der Waals surface area contributed by atoms with Gasteiger partial charge in [-0.1, -0.05) is 51.9 Å². The Balaban J connectivity index is 1.99. The lowest BCUT2D eigenvalue weighted by Crippen LogP contribution is -1.96. The zero-order chi connectivity index (χ0) is 12.5. The van der Waals surface area contributed by atoms with Gasteiger partial charge in [0, 0.05) is 6.54 Å². The normalized spacial score (nSPS) is 11.0. The summed E-state index contributed by atoms with van der Waals surface area (Å²) in [6, 6.07) is 0. The number of halogens is 1. The van der Waals surface area contributed by atoms with Crippen molar-refractivity contribution in [3.63, 3.8) is 0 Å². The van der Waals surface area contributed by atoms with E-state index in [0.717, 1.165) is 16.8 Å². The van der Waals surface area contributed by atoms with Crippen LogP contribution in [0, 0.1) is 6.92 Å². The molecule has 0 saturated heterocycles. The second-order valence-corrected chi connectivity index (χ2v) is 5.54. The third-order valence-corrected chi connectivity index (χ3v) is 4.22. The summed E-state index contributed by atoms with van der Waals surface area (Å²) in [6.45, 7) is 5.40. The highest BCUT2D eigenvalue weighted by atomic mass is 79.9. The van der Waals surface area contributed by atoms with Crippen molar-refractivity contribution in [1.29, 1.82) is 0 Å². The van der Waals surface area contributed by atoms with Gasteiger partial charge in [0.25, 0.3) is 0 Å². The molecule has 0 bridgehead atoms. The lowest BCUT2D eigenvalue weighted by Gasteiger charge is -2.04. The Labute approximate surface area is 114 Å². The molecule has 1 heterocycles. The van der Waals surface area contributed by atoms with E-state index >= 15 is 0 Å². The average Bonchev–Trinajstić information content (AvgIpc) is 2.64. The van der Waals surface area contributed by atoms with Crippen LogP contribution in [0.2, 0.25) is 0 Å². The number of hydrogen-bond donors (Lipinski definition) is 0. The van der Waals surface area contributed by atoms with Gasteiger partial charge in [-0.15, -0.1) is 0 Å². The summed E-state index contributed by atoms with van der Waals surface area (Å²) in [6.07, 6.45) is 12.9. The first-order chi connectivity index (χ1) is 8.25. The zero-order valence-electron chi connectivity index (χ0n) is 11.2. The number of rotatable bonds is 9. The third-order valence-electron chi connectivity index (χ3n) is 3.19. The monoisotopic (exact) mass is 300 g/mol. The Morgan fingerprint density at radius 2 is 1.65 bits per heavy atom. The summed E-state index contributed by atoms with van der Waals surface area (Å²) in [7, 11) is 0.